The van der Waals surface area contributed by atoms with Crippen molar-refractivity contribution in [3.05, 3.63) is 22.3 Å². The maximum absolute atomic E-state index is 10.5. The number of carboxylic acids is 1. The second-order valence-electron chi connectivity index (χ2n) is 4.51. The van der Waals surface area contributed by atoms with E-state index in [-0.39, 0.29) is 5.71 Å². The monoisotopic (exact) mass is 271 g/mol. The molecule has 1 N–H and O–H groups in total. The quantitative estimate of drug-likeness (QED) is 0.362. The van der Waals surface area contributed by atoms with Gasteiger partial charge >= 0.3 is 5.97 Å². The Bertz CT molecular complexity index is 436. The number of hydrogen-bond acceptors (Lipinski definition) is 3. The van der Waals surface area contributed by atoms with Crippen molar-refractivity contribution in [3.8, 4) is 0 Å². The van der Waals surface area contributed by atoms with Gasteiger partial charge in [0.2, 0.25) is 0 Å². The van der Waals surface area contributed by atoms with Gasteiger partial charge in [0.05, 0.1) is 0 Å². The molecule has 4 nitrogen and oxygen atoms in total. The standard InChI is InChI=1S/C13H18ClNO3/c1-8-4-11(6-14)12(5-9(8)2)7-18-15-10(3)13(16)17/h4-7H2,1-3H3,(H,16,17). The molecular weight excluding hydrogens is 254 g/mol. The second kappa shape index (κ2) is 6.59. The molecule has 0 unspecified atom stereocenters. The van der Waals surface area contributed by atoms with E-state index in [0.717, 1.165) is 24.0 Å². The minimum absolute atomic E-state index is 0.0534. The van der Waals surface area contributed by atoms with Crippen molar-refractivity contribution >= 4 is 23.3 Å². The summed E-state index contributed by atoms with van der Waals surface area (Å²) in [6, 6.07) is 0. The number of halogens is 1. The van der Waals surface area contributed by atoms with Crippen molar-refractivity contribution in [3.63, 3.8) is 0 Å². The minimum atomic E-state index is -1.07. The molecule has 0 saturated carbocycles. The maximum Gasteiger partial charge on any atom is 0.353 e. The van der Waals surface area contributed by atoms with E-state index in [1.54, 1.807) is 0 Å². The van der Waals surface area contributed by atoms with Crippen LogP contribution in [-0.4, -0.2) is 29.3 Å². The highest BCUT2D eigenvalue weighted by atomic mass is 35.5. The Kier molecular flexibility index (Phi) is 5.41. The van der Waals surface area contributed by atoms with Gasteiger partial charge in [-0.2, -0.15) is 0 Å². The predicted molar refractivity (Wildman–Crippen MR) is 72.1 cm³/mol. The van der Waals surface area contributed by atoms with E-state index >= 15 is 0 Å². The lowest BCUT2D eigenvalue weighted by atomic mass is 9.88. The first kappa shape index (κ1) is 14.8. The summed E-state index contributed by atoms with van der Waals surface area (Å²) in [5.74, 6) is -0.595. The van der Waals surface area contributed by atoms with Crippen LogP contribution in [-0.2, 0) is 9.63 Å². The van der Waals surface area contributed by atoms with Crippen molar-refractivity contribution < 1.29 is 14.7 Å². The Morgan fingerprint density at radius 2 is 1.89 bits per heavy atom. The first-order valence-electron chi connectivity index (χ1n) is 5.76. The van der Waals surface area contributed by atoms with Crippen LogP contribution in [0.15, 0.2) is 27.4 Å². The van der Waals surface area contributed by atoms with Crippen LogP contribution in [0.25, 0.3) is 0 Å². The van der Waals surface area contributed by atoms with E-state index < -0.39 is 5.97 Å². The highest BCUT2D eigenvalue weighted by Gasteiger charge is 2.15. The second-order valence-corrected chi connectivity index (χ2v) is 4.78. The Labute approximate surface area is 112 Å². The van der Waals surface area contributed by atoms with Gasteiger partial charge in [-0.1, -0.05) is 16.3 Å². The molecule has 1 aliphatic carbocycles. The van der Waals surface area contributed by atoms with Crippen molar-refractivity contribution in [1.29, 1.82) is 0 Å². The largest absolute Gasteiger partial charge is 0.477 e. The first-order valence-corrected chi connectivity index (χ1v) is 6.30. The fourth-order valence-electron chi connectivity index (χ4n) is 1.73. The molecule has 0 bridgehead atoms. The third kappa shape index (κ3) is 3.88. The van der Waals surface area contributed by atoms with E-state index in [1.165, 1.54) is 18.1 Å². The molecular formula is C13H18ClNO3. The van der Waals surface area contributed by atoms with Crippen LogP contribution in [0, 0.1) is 0 Å². The van der Waals surface area contributed by atoms with E-state index in [0.29, 0.717) is 12.5 Å². The van der Waals surface area contributed by atoms with Crippen LogP contribution < -0.4 is 0 Å². The number of alkyl halides is 1. The molecule has 0 spiro atoms. The number of aliphatic carboxylic acids is 1. The molecule has 1 rings (SSSR count). The molecule has 0 heterocycles. The number of carbonyl (C=O) groups is 1. The summed E-state index contributed by atoms with van der Waals surface area (Å²) in [5.41, 5.74) is 4.88. The topological polar surface area (TPSA) is 58.9 Å². The number of hydrogen-bond donors (Lipinski definition) is 1. The number of allylic oxidation sites excluding steroid dienone is 3. The average molecular weight is 272 g/mol. The molecule has 0 aliphatic heterocycles. The van der Waals surface area contributed by atoms with Crippen LogP contribution in [0.2, 0.25) is 0 Å². The summed E-state index contributed by atoms with van der Waals surface area (Å²) in [6.45, 7) is 5.89. The lowest BCUT2D eigenvalue weighted by molar-refractivity contribution is -0.129. The van der Waals surface area contributed by atoms with Gasteiger partial charge in [-0.15, -0.1) is 11.6 Å². The van der Waals surface area contributed by atoms with Crippen molar-refractivity contribution in [1.82, 2.24) is 0 Å². The zero-order valence-electron chi connectivity index (χ0n) is 10.9. The van der Waals surface area contributed by atoms with Gasteiger partial charge in [-0.3, -0.25) is 0 Å². The number of carboxylic acid groups (broad SMARTS) is 1. The molecule has 0 aromatic rings. The van der Waals surface area contributed by atoms with Gasteiger partial charge in [-0.25, -0.2) is 4.79 Å². The van der Waals surface area contributed by atoms with Gasteiger partial charge in [0.15, 0.2) is 5.71 Å². The molecule has 0 atom stereocenters. The Morgan fingerprint density at radius 1 is 1.33 bits per heavy atom. The predicted octanol–water partition coefficient (Wildman–Crippen LogP) is 3.13. The number of rotatable bonds is 5. The molecule has 0 amide bonds. The first-order chi connectivity index (χ1) is 8.45. The highest BCUT2D eigenvalue weighted by molar-refractivity contribution is 6.34. The smallest absolute Gasteiger partial charge is 0.353 e. The zero-order valence-corrected chi connectivity index (χ0v) is 11.7. The van der Waals surface area contributed by atoms with Gasteiger partial charge in [0, 0.05) is 5.88 Å². The zero-order chi connectivity index (χ0) is 13.7. The van der Waals surface area contributed by atoms with Crippen LogP contribution in [0.1, 0.15) is 33.6 Å². The summed E-state index contributed by atoms with van der Waals surface area (Å²) < 4.78 is 0. The van der Waals surface area contributed by atoms with Gasteiger partial charge in [-0.05, 0) is 44.8 Å². The molecule has 0 fully saturated rings. The maximum atomic E-state index is 10.5. The highest BCUT2D eigenvalue weighted by Crippen LogP contribution is 2.30. The summed E-state index contributed by atoms with van der Waals surface area (Å²) in [4.78, 5) is 15.6. The molecule has 18 heavy (non-hydrogen) atoms. The van der Waals surface area contributed by atoms with E-state index in [4.69, 9.17) is 21.5 Å². The Morgan fingerprint density at radius 3 is 2.39 bits per heavy atom. The molecule has 0 saturated heterocycles. The fraction of sp³-hybridized carbons (Fsp3) is 0.538. The molecule has 5 heteroatoms. The van der Waals surface area contributed by atoms with Crippen LogP contribution in [0.3, 0.4) is 0 Å². The number of oxime groups is 1. The summed E-state index contributed by atoms with van der Waals surface area (Å²) >= 11 is 5.91. The van der Waals surface area contributed by atoms with E-state index in [9.17, 15) is 4.79 Å². The van der Waals surface area contributed by atoms with E-state index in [1.807, 2.05) is 0 Å². The van der Waals surface area contributed by atoms with Crippen molar-refractivity contribution in [2.45, 2.75) is 33.6 Å². The Balaban J connectivity index is 2.66. The molecule has 0 radical (unpaired) electrons. The molecule has 0 aromatic carbocycles. The fourth-order valence-corrected chi connectivity index (χ4v) is 2.02. The summed E-state index contributed by atoms with van der Waals surface area (Å²) in [6.07, 6.45) is 1.70. The lowest BCUT2D eigenvalue weighted by Gasteiger charge is -2.21. The Hall–Kier alpha value is -1.29. The summed E-state index contributed by atoms with van der Waals surface area (Å²) in [7, 11) is 0. The molecule has 1 aliphatic rings. The minimum Gasteiger partial charge on any atom is -0.477 e. The SMILES string of the molecule is CC(=NOCC1=C(CCl)CC(C)=C(C)C1)C(=O)O. The molecule has 0 aromatic heterocycles. The average Bonchev–Trinajstić information content (AvgIpc) is 2.32. The normalized spacial score (nSPS) is 17.2. The third-order valence-electron chi connectivity index (χ3n) is 3.10. The van der Waals surface area contributed by atoms with Gasteiger partial charge in [0.25, 0.3) is 0 Å². The van der Waals surface area contributed by atoms with Crippen molar-refractivity contribution in [2.24, 2.45) is 5.16 Å². The summed E-state index contributed by atoms with van der Waals surface area (Å²) in [5, 5.41) is 12.2. The van der Waals surface area contributed by atoms with Crippen molar-refractivity contribution in [2.75, 3.05) is 12.5 Å². The van der Waals surface area contributed by atoms with Gasteiger partial charge in [0.1, 0.15) is 6.61 Å². The molecule has 100 valence electrons. The van der Waals surface area contributed by atoms with Crippen LogP contribution in [0.4, 0.5) is 0 Å². The van der Waals surface area contributed by atoms with Crippen LogP contribution >= 0.6 is 11.6 Å². The van der Waals surface area contributed by atoms with Gasteiger partial charge < -0.3 is 9.94 Å². The third-order valence-corrected chi connectivity index (χ3v) is 3.42. The lowest BCUT2D eigenvalue weighted by Crippen LogP contribution is -2.11. The van der Waals surface area contributed by atoms with E-state index in [2.05, 4.69) is 19.0 Å². The number of nitrogens with zero attached hydrogens (tertiary/aromatic N) is 1. The van der Waals surface area contributed by atoms with Crippen LogP contribution in [0.5, 0.6) is 0 Å².